The fourth-order valence-electron chi connectivity index (χ4n) is 4.34. The minimum Gasteiger partial charge on any atom is -0.481 e. The molecule has 0 aliphatic carbocycles. The lowest BCUT2D eigenvalue weighted by Crippen LogP contribution is -2.45. The van der Waals surface area contributed by atoms with Crippen molar-refractivity contribution in [2.24, 2.45) is 5.92 Å². The highest BCUT2D eigenvalue weighted by molar-refractivity contribution is 5.70. The largest absolute Gasteiger partial charge is 0.481 e. The number of benzene rings is 2. The molecule has 4 nitrogen and oxygen atoms in total. The summed E-state index contributed by atoms with van der Waals surface area (Å²) in [5.74, 6) is -1.08. The van der Waals surface area contributed by atoms with Crippen LogP contribution in [0.5, 0.6) is 0 Å². The van der Waals surface area contributed by atoms with Crippen LogP contribution in [0.15, 0.2) is 54.6 Å². The van der Waals surface area contributed by atoms with Crippen LogP contribution < -0.4 is 0 Å². The number of hydrogen-bond donors (Lipinski definition) is 1. The Morgan fingerprint density at radius 2 is 1.77 bits per heavy atom. The average Bonchev–Trinajstić information content (AvgIpc) is 3.02. The monoisotopic (exact) mass is 351 g/mol. The lowest BCUT2D eigenvalue weighted by Gasteiger charge is -2.40. The van der Waals surface area contributed by atoms with E-state index in [1.165, 1.54) is 11.1 Å². The molecule has 1 unspecified atom stereocenters. The van der Waals surface area contributed by atoms with Gasteiger partial charge >= 0.3 is 5.97 Å². The van der Waals surface area contributed by atoms with Gasteiger partial charge in [-0.05, 0) is 36.0 Å². The number of ether oxygens (including phenoxy) is 1. The Kier molecular flexibility index (Phi) is 4.79. The molecule has 1 fully saturated rings. The van der Waals surface area contributed by atoms with E-state index in [1.54, 1.807) is 0 Å². The third kappa shape index (κ3) is 3.39. The summed E-state index contributed by atoms with van der Waals surface area (Å²) in [7, 11) is 0. The van der Waals surface area contributed by atoms with Crippen molar-refractivity contribution in [1.82, 2.24) is 4.90 Å². The van der Waals surface area contributed by atoms with Crippen molar-refractivity contribution in [2.75, 3.05) is 19.6 Å². The molecule has 1 N–H and O–H groups in total. The second kappa shape index (κ2) is 7.22. The summed E-state index contributed by atoms with van der Waals surface area (Å²) in [5, 5.41) is 9.65. The van der Waals surface area contributed by atoms with E-state index in [1.807, 2.05) is 30.3 Å². The molecule has 4 rings (SSSR count). The van der Waals surface area contributed by atoms with E-state index >= 15 is 0 Å². The second-order valence-corrected chi connectivity index (χ2v) is 7.47. The summed E-state index contributed by atoms with van der Waals surface area (Å²) >= 11 is 0. The maximum absolute atomic E-state index is 11.7. The smallest absolute Gasteiger partial charge is 0.308 e. The zero-order valence-corrected chi connectivity index (χ0v) is 14.9. The van der Waals surface area contributed by atoms with Gasteiger partial charge in [0.1, 0.15) is 0 Å². The molecule has 1 atom stereocenters. The molecule has 0 saturated carbocycles. The average molecular weight is 351 g/mol. The predicted octanol–water partition coefficient (Wildman–Crippen LogP) is 3.45. The van der Waals surface area contributed by atoms with Crippen LogP contribution in [-0.4, -0.2) is 35.6 Å². The van der Waals surface area contributed by atoms with Crippen LogP contribution in [-0.2, 0) is 28.2 Å². The van der Waals surface area contributed by atoms with Crippen molar-refractivity contribution in [3.63, 3.8) is 0 Å². The number of carbonyl (C=O) groups is 1. The van der Waals surface area contributed by atoms with Crippen molar-refractivity contribution in [1.29, 1.82) is 0 Å². The molecular weight excluding hydrogens is 326 g/mol. The van der Waals surface area contributed by atoms with E-state index in [-0.39, 0.29) is 11.5 Å². The summed E-state index contributed by atoms with van der Waals surface area (Å²) in [5.41, 5.74) is 3.55. The van der Waals surface area contributed by atoms with Crippen molar-refractivity contribution in [3.8, 4) is 0 Å². The first-order valence-electron chi connectivity index (χ1n) is 9.38. The maximum atomic E-state index is 11.7. The molecule has 2 aliphatic rings. The number of likely N-dealkylation sites (tertiary alicyclic amines) is 1. The normalized spacial score (nSPS) is 20.0. The van der Waals surface area contributed by atoms with Gasteiger partial charge in [0.2, 0.25) is 0 Å². The number of aliphatic carboxylic acids is 1. The molecule has 136 valence electrons. The fraction of sp³-hybridized carbons (Fsp3) is 0.409. The highest BCUT2D eigenvalue weighted by Gasteiger charge is 2.42. The van der Waals surface area contributed by atoms with Crippen LogP contribution in [0.4, 0.5) is 0 Å². The second-order valence-electron chi connectivity index (χ2n) is 7.47. The van der Waals surface area contributed by atoms with Crippen molar-refractivity contribution < 1.29 is 14.6 Å². The predicted molar refractivity (Wildman–Crippen MR) is 99.9 cm³/mol. The van der Waals surface area contributed by atoms with Gasteiger partial charge in [-0.2, -0.15) is 0 Å². The van der Waals surface area contributed by atoms with Crippen molar-refractivity contribution >= 4 is 5.97 Å². The molecule has 4 heteroatoms. The quantitative estimate of drug-likeness (QED) is 0.896. The molecular formula is C22H25NO3. The first kappa shape index (κ1) is 17.3. The number of rotatable bonds is 5. The van der Waals surface area contributed by atoms with Gasteiger partial charge in [-0.3, -0.25) is 4.79 Å². The van der Waals surface area contributed by atoms with Crippen molar-refractivity contribution in [2.45, 2.75) is 31.5 Å². The molecule has 2 aromatic carbocycles. The van der Waals surface area contributed by atoms with Crippen LogP contribution in [0.3, 0.4) is 0 Å². The van der Waals surface area contributed by atoms with Gasteiger partial charge in [0.05, 0.1) is 18.1 Å². The van der Waals surface area contributed by atoms with Gasteiger partial charge < -0.3 is 14.7 Å². The molecule has 0 amide bonds. The highest BCUT2D eigenvalue weighted by atomic mass is 16.5. The van der Waals surface area contributed by atoms with Gasteiger partial charge in [-0.15, -0.1) is 0 Å². The third-order valence-corrected chi connectivity index (χ3v) is 5.83. The first-order chi connectivity index (χ1) is 12.7. The number of carboxylic acids is 1. The molecule has 0 radical (unpaired) electrons. The third-order valence-electron chi connectivity index (χ3n) is 5.83. The van der Waals surface area contributed by atoms with E-state index in [2.05, 4.69) is 29.2 Å². The van der Waals surface area contributed by atoms with Crippen LogP contribution >= 0.6 is 0 Å². The first-order valence-corrected chi connectivity index (χ1v) is 9.38. The minimum atomic E-state index is -0.711. The van der Waals surface area contributed by atoms with Crippen LogP contribution in [0.1, 0.15) is 29.5 Å². The highest BCUT2D eigenvalue weighted by Crippen LogP contribution is 2.44. The standard InChI is InChI=1S/C22H25NO3/c24-21(25)19(14-17-6-2-1-3-7-17)15-23-12-10-22(11-13-23)20-9-5-4-8-18(20)16-26-22/h1-9,19H,10-16H2,(H,24,25). The van der Waals surface area contributed by atoms with Gasteiger partial charge in [-0.25, -0.2) is 0 Å². The Labute approximate surface area is 154 Å². The van der Waals surface area contributed by atoms with Crippen molar-refractivity contribution in [3.05, 3.63) is 71.3 Å². The van der Waals surface area contributed by atoms with Gasteiger partial charge in [0, 0.05) is 19.6 Å². The van der Waals surface area contributed by atoms with Gasteiger partial charge in [0.15, 0.2) is 0 Å². The van der Waals surface area contributed by atoms with E-state index in [4.69, 9.17) is 4.74 Å². The summed E-state index contributed by atoms with van der Waals surface area (Å²) in [6, 6.07) is 18.4. The number of hydrogen-bond acceptors (Lipinski definition) is 3. The molecule has 2 heterocycles. The van der Waals surface area contributed by atoms with E-state index in [0.717, 1.165) is 31.5 Å². The van der Waals surface area contributed by atoms with Crippen LogP contribution in [0.25, 0.3) is 0 Å². The Hall–Kier alpha value is -2.17. The summed E-state index contributed by atoms with van der Waals surface area (Å²) in [6.45, 7) is 3.06. The number of nitrogens with zero attached hydrogens (tertiary/aromatic N) is 1. The maximum Gasteiger partial charge on any atom is 0.308 e. The SMILES string of the molecule is O=C(O)C(Cc1ccccc1)CN1CCC2(CC1)OCc1ccccc12. The number of fused-ring (bicyclic) bond motifs is 2. The molecule has 26 heavy (non-hydrogen) atoms. The van der Waals surface area contributed by atoms with Crippen LogP contribution in [0, 0.1) is 5.92 Å². The molecule has 1 saturated heterocycles. The van der Waals surface area contributed by atoms with Gasteiger partial charge in [0.25, 0.3) is 0 Å². The lowest BCUT2D eigenvalue weighted by molar-refractivity contribution is -0.143. The molecule has 2 aromatic rings. The topological polar surface area (TPSA) is 49.8 Å². The zero-order chi connectivity index (χ0) is 18.0. The summed E-state index contributed by atoms with van der Waals surface area (Å²) in [6.07, 6.45) is 2.44. The van der Waals surface area contributed by atoms with Crippen LogP contribution in [0.2, 0.25) is 0 Å². The Morgan fingerprint density at radius 3 is 2.50 bits per heavy atom. The van der Waals surface area contributed by atoms with E-state index in [0.29, 0.717) is 19.6 Å². The molecule has 2 aliphatic heterocycles. The zero-order valence-electron chi connectivity index (χ0n) is 14.9. The summed E-state index contributed by atoms with van der Waals surface area (Å²) < 4.78 is 6.21. The Morgan fingerprint density at radius 1 is 1.08 bits per heavy atom. The number of carboxylic acid groups (broad SMARTS) is 1. The Balaban J connectivity index is 1.39. The minimum absolute atomic E-state index is 0.161. The number of piperidine rings is 1. The fourth-order valence-corrected chi connectivity index (χ4v) is 4.34. The molecule has 1 spiro atoms. The lowest BCUT2D eigenvalue weighted by atomic mass is 9.83. The van der Waals surface area contributed by atoms with Gasteiger partial charge in [-0.1, -0.05) is 54.6 Å². The van der Waals surface area contributed by atoms with E-state index < -0.39 is 5.97 Å². The Bertz CT molecular complexity index is 766. The summed E-state index contributed by atoms with van der Waals surface area (Å²) in [4.78, 5) is 14.0. The molecule has 0 bridgehead atoms. The van der Waals surface area contributed by atoms with E-state index in [9.17, 15) is 9.90 Å². The molecule has 0 aromatic heterocycles.